The summed E-state index contributed by atoms with van der Waals surface area (Å²) >= 11 is 0. The van der Waals surface area contributed by atoms with Crippen molar-refractivity contribution in [3.63, 3.8) is 0 Å². The highest BCUT2D eigenvalue weighted by atomic mass is 14.3. The van der Waals surface area contributed by atoms with Crippen LogP contribution in [0.2, 0.25) is 0 Å². The standard InChI is InChI=1S/C20H20/c1-16-7-6-14-20(2,15-16)19-12-10-18(11-13-19)17-8-4-3-5-9-17/h3-14H,15H2,1-2H3. The van der Waals surface area contributed by atoms with Crippen LogP contribution >= 0.6 is 0 Å². The van der Waals surface area contributed by atoms with Gasteiger partial charge in [0.1, 0.15) is 0 Å². The van der Waals surface area contributed by atoms with Crippen LogP contribution in [0.25, 0.3) is 11.1 Å². The van der Waals surface area contributed by atoms with Gasteiger partial charge < -0.3 is 0 Å². The van der Waals surface area contributed by atoms with Crippen molar-refractivity contribution in [3.05, 3.63) is 84.0 Å². The minimum absolute atomic E-state index is 0.133. The van der Waals surface area contributed by atoms with Gasteiger partial charge in [0.25, 0.3) is 0 Å². The second-order valence-electron chi connectivity index (χ2n) is 5.91. The summed E-state index contributed by atoms with van der Waals surface area (Å²) in [6.07, 6.45) is 7.82. The Morgan fingerprint density at radius 2 is 1.50 bits per heavy atom. The maximum absolute atomic E-state index is 2.32. The van der Waals surface area contributed by atoms with E-state index in [2.05, 4.69) is 86.7 Å². The Balaban J connectivity index is 1.91. The normalized spacial score (nSPS) is 21.6. The first-order valence-electron chi connectivity index (χ1n) is 7.18. The van der Waals surface area contributed by atoms with Crippen molar-refractivity contribution in [1.82, 2.24) is 0 Å². The predicted molar refractivity (Wildman–Crippen MR) is 86.7 cm³/mol. The lowest BCUT2D eigenvalue weighted by Gasteiger charge is -2.29. The molecule has 100 valence electrons. The van der Waals surface area contributed by atoms with E-state index in [0.29, 0.717) is 0 Å². The highest BCUT2D eigenvalue weighted by molar-refractivity contribution is 5.63. The summed E-state index contributed by atoms with van der Waals surface area (Å²) < 4.78 is 0. The van der Waals surface area contributed by atoms with Gasteiger partial charge in [-0.2, -0.15) is 0 Å². The van der Waals surface area contributed by atoms with Gasteiger partial charge in [0.2, 0.25) is 0 Å². The van der Waals surface area contributed by atoms with Crippen LogP contribution in [0.5, 0.6) is 0 Å². The number of hydrogen-bond donors (Lipinski definition) is 0. The van der Waals surface area contributed by atoms with Crippen molar-refractivity contribution in [2.24, 2.45) is 0 Å². The molecule has 0 saturated heterocycles. The zero-order valence-electron chi connectivity index (χ0n) is 12.1. The summed E-state index contributed by atoms with van der Waals surface area (Å²) in [5, 5.41) is 0. The van der Waals surface area contributed by atoms with E-state index in [1.807, 2.05) is 0 Å². The largest absolute Gasteiger partial charge is 0.0739 e. The molecule has 0 radical (unpaired) electrons. The lowest BCUT2D eigenvalue weighted by Crippen LogP contribution is -2.21. The SMILES string of the molecule is CC1=CC=CC(C)(c2ccc(-c3ccccc3)cc2)C1. The van der Waals surface area contributed by atoms with Crippen LogP contribution in [0, 0.1) is 0 Å². The molecule has 20 heavy (non-hydrogen) atoms. The van der Waals surface area contributed by atoms with Crippen molar-refractivity contribution in [3.8, 4) is 11.1 Å². The van der Waals surface area contributed by atoms with Gasteiger partial charge >= 0.3 is 0 Å². The van der Waals surface area contributed by atoms with Gasteiger partial charge in [-0.25, -0.2) is 0 Å². The van der Waals surface area contributed by atoms with E-state index in [1.165, 1.54) is 22.3 Å². The molecule has 1 unspecified atom stereocenters. The van der Waals surface area contributed by atoms with Crippen molar-refractivity contribution in [2.75, 3.05) is 0 Å². The number of benzene rings is 2. The summed E-state index contributed by atoms with van der Waals surface area (Å²) in [5.41, 5.74) is 5.53. The molecule has 0 spiro atoms. The van der Waals surface area contributed by atoms with Crippen LogP contribution < -0.4 is 0 Å². The molecule has 0 fully saturated rings. The molecule has 0 N–H and O–H groups in total. The molecule has 0 heterocycles. The third-order valence-electron chi connectivity index (χ3n) is 4.14. The Kier molecular flexibility index (Phi) is 3.31. The molecule has 2 aromatic carbocycles. The van der Waals surface area contributed by atoms with Crippen LogP contribution in [0.1, 0.15) is 25.8 Å². The Morgan fingerprint density at radius 3 is 2.15 bits per heavy atom. The maximum Gasteiger partial charge on any atom is 0.0144 e. The average molecular weight is 260 g/mol. The molecule has 1 atom stereocenters. The van der Waals surface area contributed by atoms with Crippen LogP contribution in [0.4, 0.5) is 0 Å². The fourth-order valence-corrected chi connectivity index (χ4v) is 2.99. The van der Waals surface area contributed by atoms with Gasteiger partial charge in [-0.3, -0.25) is 0 Å². The molecule has 0 aromatic heterocycles. The zero-order chi connectivity index (χ0) is 14.0. The number of hydrogen-bond acceptors (Lipinski definition) is 0. The van der Waals surface area contributed by atoms with E-state index in [4.69, 9.17) is 0 Å². The van der Waals surface area contributed by atoms with E-state index in [9.17, 15) is 0 Å². The summed E-state index contributed by atoms with van der Waals surface area (Å²) in [6.45, 7) is 4.53. The maximum atomic E-state index is 2.32. The van der Waals surface area contributed by atoms with E-state index in [1.54, 1.807) is 0 Å². The van der Waals surface area contributed by atoms with E-state index in [-0.39, 0.29) is 5.41 Å². The third-order valence-corrected chi connectivity index (χ3v) is 4.14. The van der Waals surface area contributed by atoms with Gasteiger partial charge in [-0.05, 0) is 30.0 Å². The first-order chi connectivity index (χ1) is 9.67. The zero-order valence-corrected chi connectivity index (χ0v) is 12.1. The molecule has 1 aliphatic carbocycles. The molecule has 0 bridgehead atoms. The van der Waals surface area contributed by atoms with E-state index in [0.717, 1.165) is 6.42 Å². The first kappa shape index (κ1) is 12.9. The van der Waals surface area contributed by atoms with Crippen LogP contribution in [-0.4, -0.2) is 0 Å². The molecule has 2 aromatic rings. The van der Waals surface area contributed by atoms with Crippen LogP contribution in [0.15, 0.2) is 78.4 Å². The number of rotatable bonds is 2. The number of allylic oxidation sites excluding steroid dienone is 4. The average Bonchev–Trinajstić information content (AvgIpc) is 2.48. The van der Waals surface area contributed by atoms with Crippen molar-refractivity contribution < 1.29 is 0 Å². The first-order valence-corrected chi connectivity index (χ1v) is 7.18. The fraction of sp³-hybridized carbons (Fsp3) is 0.200. The van der Waals surface area contributed by atoms with Crippen LogP contribution in [0.3, 0.4) is 0 Å². The monoisotopic (exact) mass is 260 g/mol. The second-order valence-corrected chi connectivity index (χ2v) is 5.91. The highest BCUT2D eigenvalue weighted by Crippen LogP contribution is 2.35. The summed E-state index contributed by atoms with van der Waals surface area (Å²) in [5.74, 6) is 0. The Bertz CT molecular complexity index is 644. The lowest BCUT2D eigenvalue weighted by atomic mass is 9.75. The third kappa shape index (κ3) is 2.46. The molecule has 0 heteroatoms. The Labute approximate surface area is 121 Å². The van der Waals surface area contributed by atoms with E-state index >= 15 is 0 Å². The molecule has 1 aliphatic rings. The van der Waals surface area contributed by atoms with Crippen molar-refractivity contribution >= 4 is 0 Å². The van der Waals surface area contributed by atoms with Gasteiger partial charge in [-0.1, -0.05) is 85.3 Å². The molecule has 0 nitrogen and oxygen atoms in total. The predicted octanol–water partition coefficient (Wildman–Crippen LogP) is 5.52. The highest BCUT2D eigenvalue weighted by Gasteiger charge is 2.25. The second kappa shape index (κ2) is 5.13. The Morgan fingerprint density at radius 1 is 0.850 bits per heavy atom. The molecular weight excluding hydrogens is 240 g/mol. The topological polar surface area (TPSA) is 0 Å². The van der Waals surface area contributed by atoms with Crippen LogP contribution in [-0.2, 0) is 5.41 Å². The minimum Gasteiger partial charge on any atom is -0.0739 e. The molecule has 3 rings (SSSR count). The molecule has 0 saturated carbocycles. The van der Waals surface area contributed by atoms with Gasteiger partial charge in [0.05, 0.1) is 0 Å². The summed E-state index contributed by atoms with van der Waals surface area (Å²) in [6, 6.07) is 19.5. The van der Waals surface area contributed by atoms with Gasteiger partial charge in [0.15, 0.2) is 0 Å². The quantitative estimate of drug-likeness (QED) is 0.667. The molecule has 0 aliphatic heterocycles. The Hall–Kier alpha value is -2.08. The summed E-state index contributed by atoms with van der Waals surface area (Å²) in [4.78, 5) is 0. The smallest absolute Gasteiger partial charge is 0.0144 e. The van der Waals surface area contributed by atoms with Gasteiger partial charge in [0, 0.05) is 5.41 Å². The van der Waals surface area contributed by atoms with Crippen molar-refractivity contribution in [1.29, 1.82) is 0 Å². The fourth-order valence-electron chi connectivity index (χ4n) is 2.99. The lowest BCUT2D eigenvalue weighted by molar-refractivity contribution is 0.581. The summed E-state index contributed by atoms with van der Waals surface area (Å²) in [7, 11) is 0. The van der Waals surface area contributed by atoms with Gasteiger partial charge in [-0.15, -0.1) is 0 Å². The molecule has 0 amide bonds. The van der Waals surface area contributed by atoms with E-state index < -0.39 is 0 Å². The molecular formula is C20H20. The van der Waals surface area contributed by atoms with Crippen molar-refractivity contribution in [2.45, 2.75) is 25.7 Å². The minimum atomic E-state index is 0.133.